The number of likely N-dealkylation sites (N-methyl/N-ethyl adjacent to an activating group) is 1. The highest BCUT2D eigenvalue weighted by Crippen LogP contribution is 2.25. The Morgan fingerprint density at radius 3 is 2.30 bits per heavy atom. The van der Waals surface area contributed by atoms with Crippen molar-refractivity contribution in [2.24, 2.45) is 0 Å². The summed E-state index contributed by atoms with van der Waals surface area (Å²) in [5.41, 5.74) is 1.31. The van der Waals surface area contributed by atoms with Crippen LogP contribution in [0.2, 0.25) is 0 Å². The summed E-state index contributed by atoms with van der Waals surface area (Å²) in [7, 11) is 2.19. The zero-order chi connectivity index (χ0) is 7.72. The van der Waals surface area contributed by atoms with E-state index in [9.17, 15) is 0 Å². The van der Waals surface area contributed by atoms with Crippen LogP contribution in [0.3, 0.4) is 0 Å². The van der Waals surface area contributed by atoms with Gasteiger partial charge in [0.1, 0.15) is 0 Å². The molecule has 0 aromatic rings. The van der Waals surface area contributed by atoms with E-state index in [-0.39, 0.29) is 0 Å². The molecule has 1 fully saturated rings. The second-order valence-electron chi connectivity index (χ2n) is 3.45. The third-order valence-electron chi connectivity index (χ3n) is 2.61. The molecule has 0 aliphatic carbocycles. The minimum Gasteiger partial charge on any atom is -0.297 e. The minimum atomic E-state index is 0.648. The fourth-order valence-electron chi connectivity index (χ4n) is 1.71. The lowest BCUT2D eigenvalue weighted by atomic mass is 10.1. The molecule has 58 valence electrons. The van der Waals surface area contributed by atoms with Crippen LogP contribution >= 0.6 is 0 Å². The van der Waals surface area contributed by atoms with Gasteiger partial charge in [0.25, 0.3) is 0 Å². The lowest BCUT2D eigenvalue weighted by Gasteiger charge is -2.23. The summed E-state index contributed by atoms with van der Waals surface area (Å²) in [5, 5.41) is 0. The predicted octanol–water partition coefficient (Wildman–Crippen LogP) is 2.05. The average Bonchev–Trinajstić information content (AvgIpc) is 2.14. The predicted molar refractivity (Wildman–Crippen MR) is 45.1 cm³/mol. The van der Waals surface area contributed by atoms with Crippen LogP contribution in [0.25, 0.3) is 0 Å². The van der Waals surface area contributed by atoms with Gasteiger partial charge in [0.05, 0.1) is 0 Å². The standard InChI is InChI=1S/C9H17N/c1-7(2)9-6-5-8(3)10(9)4/h8-9H,1,5-6H2,2-4H3/t8?,9-/m1/s1. The lowest BCUT2D eigenvalue weighted by molar-refractivity contribution is 0.279. The van der Waals surface area contributed by atoms with Gasteiger partial charge in [0.15, 0.2) is 0 Å². The van der Waals surface area contributed by atoms with Crippen LogP contribution in [-0.4, -0.2) is 24.0 Å². The molecule has 1 heterocycles. The Morgan fingerprint density at radius 1 is 1.50 bits per heavy atom. The largest absolute Gasteiger partial charge is 0.297 e. The van der Waals surface area contributed by atoms with Crippen molar-refractivity contribution < 1.29 is 0 Å². The van der Waals surface area contributed by atoms with Crippen LogP contribution in [0.5, 0.6) is 0 Å². The number of rotatable bonds is 1. The summed E-state index contributed by atoms with van der Waals surface area (Å²) in [6.07, 6.45) is 2.63. The first-order chi connectivity index (χ1) is 4.63. The van der Waals surface area contributed by atoms with Crippen molar-refractivity contribution in [1.82, 2.24) is 4.90 Å². The molecule has 0 amide bonds. The molecule has 1 saturated heterocycles. The van der Waals surface area contributed by atoms with Crippen molar-refractivity contribution in [3.05, 3.63) is 12.2 Å². The van der Waals surface area contributed by atoms with Gasteiger partial charge < -0.3 is 0 Å². The maximum atomic E-state index is 3.98. The normalized spacial score (nSPS) is 34.7. The number of nitrogens with zero attached hydrogens (tertiary/aromatic N) is 1. The minimum absolute atomic E-state index is 0.648. The Labute approximate surface area is 63.7 Å². The van der Waals surface area contributed by atoms with E-state index in [0.717, 1.165) is 6.04 Å². The van der Waals surface area contributed by atoms with E-state index in [2.05, 4.69) is 32.4 Å². The molecule has 0 aromatic carbocycles. The highest BCUT2D eigenvalue weighted by atomic mass is 15.2. The second-order valence-corrected chi connectivity index (χ2v) is 3.45. The van der Waals surface area contributed by atoms with Crippen molar-refractivity contribution in [2.75, 3.05) is 7.05 Å². The molecule has 0 N–H and O–H groups in total. The third-order valence-corrected chi connectivity index (χ3v) is 2.61. The van der Waals surface area contributed by atoms with Crippen LogP contribution < -0.4 is 0 Å². The Morgan fingerprint density at radius 2 is 2.10 bits per heavy atom. The molecular formula is C9H17N. The van der Waals surface area contributed by atoms with Crippen molar-refractivity contribution in [3.8, 4) is 0 Å². The zero-order valence-electron chi connectivity index (χ0n) is 7.22. The van der Waals surface area contributed by atoms with Crippen molar-refractivity contribution in [1.29, 1.82) is 0 Å². The topological polar surface area (TPSA) is 3.24 Å². The quantitative estimate of drug-likeness (QED) is 0.502. The van der Waals surface area contributed by atoms with E-state index >= 15 is 0 Å². The number of likely N-dealkylation sites (tertiary alicyclic amines) is 1. The molecule has 1 nitrogen and oxygen atoms in total. The summed E-state index contributed by atoms with van der Waals surface area (Å²) >= 11 is 0. The summed E-state index contributed by atoms with van der Waals surface area (Å²) in [4.78, 5) is 2.42. The number of hydrogen-bond donors (Lipinski definition) is 0. The van der Waals surface area contributed by atoms with E-state index in [1.165, 1.54) is 18.4 Å². The third kappa shape index (κ3) is 1.24. The van der Waals surface area contributed by atoms with Gasteiger partial charge in [-0.05, 0) is 33.7 Å². The van der Waals surface area contributed by atoms with E-state index in [1.54, 1.807) is 0 Å². The van der Waals surface area contributed by atoms with Gasteiger partial charge in [-0.3, -0.25) is 4.90 Å². The molecule has 1 aliphatic rings. The van der Waals surface area contributed by atoms with Crippen molar-refractivity contribution >= 4 is 0 Å². The lowest BCUT2D eigenvalue weighted by Crippen LogP contribution is -2.30. The first kappa shape index (κ1) is 7.80. The van der Waals surface area contributed by atoms with Crippen molar-refractivity contribution in [3.63, 3.8) is 0 Å². The van der Waals surface area contributed by atoms with Crippen LogP contribution in [-0.2, 0) is 0 Å². The van der Waals surface area contributed by atoms with E-state index in [4.69, 9.17) is 0 Å². The molecule has 0 aromatic heterocycles. The Bertz CT molecular complexity index is 140. The summed E-state index contributed by atoms with van der Waals surface area (Å²) in [6, 6.07) is 1.40. The molecule has 1 heteroatoms. The highest BCUT2D eigenvalue weighted by molar-refractivity contribution is 5.05. The van der Waals surface area contributed by atoms with E-state index in [1.807, 2.05) is 0 Å². The summed E-state index contributed by atoms with van der Waals surface area (Å²) in [5.74, 6) is 0. The molecular weight excluding hydrogens is 122 g/mol. The molecule has 1 unspecified atom stereocenters. The fraction of sp³-hybridized carbons (Fsp3) is 0.778. The van der Waals surface area contributed by atoms with Crippen LogP contribution in [0.1, 0.15) is 26.7 Å². The average molecular weight is 139 g/mol. The Balaban J connectivity index is 2.57. The van der Waals surface area contributed by atoms with Gasteiger partial charge >= 0.3 is 0 Å². The molecule has 0 bridgehead atoms. The van der Waals surface area contributed by atoms with Gasteiger partial charge in [-0.15, -0.1) is 0 Å². The summed E-state index contributed by atoms with van der Waals surface area (Å²) < 4.78 is 0. The van der Waals surface area contributed by atoms with Crippen LogP contribution in [0.15, 0.2) is 12.2 Å². The molecule has 2 atom stereocenters. The SMILES string of the molecule is C=C(C)[C@H]1CCC(C)N1C. The van der Waals surface area contributed by atoms with Gasteiger partial charge in [0.2, 0.25) is 0 Å². The zero-order valence-corrected chi connectivity index (χ0v) is 7.22. The van der Waals surface area contributed by atoms with Crippen LogP contribution in [0.4, 0.5) is 0 Å². The molecule has 0 spiro atoms. The Hall–Kier alpha value is -0.300. The van der Waals surface area contributed by atoms with Gasteiger partial charge in [0, 0.05) is 12.1 Å². The monoisotopic (exact) mass is 139 g/mol. The first-order valence-electron chi connectivity index (χ1n) is 4.00. The van der Waals surface area contributed by atoms with Gasteiger partial charge in [-0.25, -0.2) is 0 Å². The fourth-order valence-corrected chi connectivity index (χ4v) is 1.71. The Kier molecular flexibility index (Phi) is 2.14. The van der Waals surface area contributed by atoms with Crippen LogP contribution in [0, 0.1) is 0 Å². The maximum Gasteiger partial charge on any atom is 0.0302 e. The van der Waals surface area contributed by atoms with Crippen molar-refractivity contribution in [2.45, 2.75) is 38.8 Å². The smallest absolute Gasteiger partial charge is 0.0302 e. The van der Waals surface area contributed by atoms with Gasteiger partial charge in [-0.1, -0.05) is 12.2 Å². The molecule has 1 aliphatic heterocycles. The molecule has 10 heavy (non-hydrogen) atoms. The second kappa shape index (κ2) is 2.75. The van der Waals surface area contributed by atoms with Gasteiger partial charge in [-0.2, -0.15) is 0 Å². The molecule has 0 radical (unpaired) electrons. The molecule has 1 rings (SSSR count). The molecule has 0 saturated carbocycles. The summed E-state index contributed by atoms with van der Waals surface area (Å²) in [6.45, 7) is 8.39. The maximum absolute atomic E-state index is 3.98. The van der Waals surface area contributed by atoms with E-state index in [0.29, 0.717) is 6.04 Å². The number of hydrogen-bond acceptors (Lipinski definition) is 1. The highest BCUT2D eigenvalue weighted by Gasteiger charge is 2.26. The first-order valence-corrected chi connectivity index (χ1v) is 4.00. The van der Waals surface area contributed by atoms with E-state index < -0.39 is 0 Å².